The van der Waals surface area contributed by atoms with Gasteiger partial charge in [-0.25, -0.2) is 0 Å². The van der Waals surface area contributed by atoms with Crippen molar-refractivity contribution in [2.24, 2.45) is 0 Å². The number of benzene rings is 1. The highest BCUT2D eigenvalue weighted by Gasteiger charge is 2.21. The lowest BCUT2D eigenvalue weighted by Gasteiger charge is -2.34. The number of nitrogens with zero attached hydrogens (tertiary/aromatic N) is 1. The second-order valence-corrected chi connectivity index (χ2v) is 6.51. The van der Waals surface area contributed by atoms with Crippen LogP contribution in [0, 0.1) is 0 Å². The Morgan fingerprint density at radius 3 is 2.60 bits per heavy atom. The number of hydrogen-bond acceptors (Lipinski definition) is 2. The summed E-state index contributed by atoms with van der Waals surface area (Å²) in [6.45, 7) is 8.05. The summed E-state index contributed by atoms with van der Waals surface area (Å²) in [7, 11) is 0. The summed E-state index contributed by atoms with van der Waals surface area (Å²) < 4.78 is 0. The third-order valence-corrected chi connectivity index (χ3v) is 4.60. The number of likely N-dealkylation sites (tertiary alicyclic amines) is 1. The molecule has 0 aliphatic carbocycles. The predicted molar refractivity (Wildman–Crippen MR) is 87.8 cm³/mol. The minimum atomic E-state index is 0.266. The van der Waals surface area contributed by atoms with Crippen molar-refractivity contribution in [3.8, 4) is 0 Å². The third kappa shape index (κ3) is 4.36. The molecule has 112 valence electrons. The average molecular weight is 315 g/mol. The van der Waals surface area contributed by atoms with E-state index in [1.165, 1.54) is 38.9 Å². The molecule has 1 N–H and O–H groups in total. The average Bonchev–Trinajstić information content (AvgIpc) is 2.41. The monoisotopic (exact) mass is 314 g/mol. The first kappa shape index (κ1) is 16.1. The molecule has 2 nitrogen and oxygen atoms in total. The van der Waals surface area contributed by atoms with E-state index >= 15 is 0 Å². The van der Waals surface area contributed by atoms with Gasteiger partial charge in [0, 0.05) is 22.1 Å². The van der Waals surface area contributed by atoms with E-state index in [9.17, 15) is 0 Å². The SMILES string of the molecule is CCCN1CCC(NC(C)c2ccc(Cl)cc2Cl)CC1. The van der Waals surface area contributed by atoms with E-state index < -0.39 is 0 Å². The zero-order valence-corrected chi connectivity index (χ0v) is 13.8. The first-order chi connectivity index (χ1) is 9.60. The lowest BCUT2D eigenvalue weighted by atomic mass is 10.0. The molecule has 0 saturated carbocycles. The quantitative estimate of drug-likeness (QED) is 0.859. The van der Waals surface area contributed by atoms with Gasteiger partial charge in [-0.1, -0.05) is 36.2 Å². The summed E-state index contributed by atoms with van der Waals surface area (Å²) in [5.41, 5.74) is 1.13. The van der Waals surface area contributed by atoms with Gasteiger partial charge >= 0.3 is 0 Å². The summed E-state index contributed by atoms with van der Waals surface area (Å²) in [5, 5.41) is 5.15. The Kier molecular flexibility index (Phi) is 6.16. The van der Waals surface area contributed by atoms with Crippen molar-refractivity contribution in [3.63, 3.8) is 0 Å². The van der Waals surface area contributed by atoms with Crippen LogP contribution in [0.3, 0.4) is 0 Å². The molecule has 1 aliphatic rings. The highest BCUT2D eigenvalue weighted by Crippen LogP contribution is 2.27. The molecule has 0 amide bonds. The molecule has 1 fully saturated rings. The Balaban J connectivity index is 1.87. The molecule has 4 heteroatoms. The fourth-order valence-corrected chi connectivity index (χ4v) is 3.51. The fourth-order valence-electron chi connectivity index (χ4n) is 2.94. The van der Waals surface area contributed by atoms with Crippen molar-refractivity contribution in [1.29, 1.82) is 0 Å². The van der Waals surface area contributed by atoms with Crippen LogP contribution in [0.1, 0.15) is 44.7 Å². The Morgan fingerprint density at radius 2 is 2.00 bits per heavy atom. The maximum absolute atomic E-state index is 6.27. The second kappa shape index (κ2) is 7.65. The molecule has 0 radical (unpaired) electrons. The van der Waals surface area contributed by atoms with Gasteiger partial charge in [0.2, 0.25) is 0 Å². The molecule has 0 aromatic heterocycles. The van der Waals surface area contributed by atoms with Gasteiger partial charge in [-0.15, -0.1) is 0 Å². The maximum atomic E-state index is 6.27. The minimum absolute atomic E-state index is 0.266. The van der Waals surface area contributed by atoms with Crippen molar-refractivity contribution in [2.45, 2.75) is 45.2 Å². The van der Waals surface area contributed by atoms with Crippen molar-refractivity contribution < 1.29 is 0 Å². The molecule has 2 rings (SSSR count). The number of halogens is 2. The molecule has 1 aromatic rings. The molecular formula is C16H24Cl2N2. The van der Waals surface area contributed by atoms with Crippen molar-refractivity contribution in [1.82, 2.24) is 10.2 Å². The first-order valence-corrected chi connectivity index (χ1v) is 8.29. The molecule has 1 saturated heterocycles. The van der Waals surface area contributed by atoms with Crippen LogP contribution in [0.25, 0.3) is 0 Å². The van der Waals surface area contributed by atoms with E-state index in [2.05, 4.69) is 24.1 Å². The number of piperidine rings is 1. The lowest BCUT2D eigenvalue weighted by molar-refractivity contribution is 0.192. The smallest absolute Gasteiger partial charge is 0.0468 e. The Hall–Kier alpha value is -0.280. The summed E-state index contributed by atoms with van der Waals surface area (Å²) >= 11 is 12.2. The zero-order chi connectivity index (χ0) is 14.5. The molecule has 0 spiro atoms. The van der Waals surface area contributed by atoms with Crippen molar-refractivity contribution in [3.05, 3.63) is 33.8 Å². The van der Waals surface area contributed by atoms with Gasteiger partial charge in [-0.3, -0.25) is 0 Å². The van der Waals surface area contributed by atoms with Gasteiger partial charge < -0.3 is 10.2 Å². The van der Waals surface area contributed by atoms with E-state index in [0.29, 0.717) is 11.1 Å². The van der Waals surface area contributed by atoms with Gasteiger partial charge in [0.15, 0.2) is 0 Å². The Labute approximate surface area is 132 Å². The molecule has 1 unspecified atom stereocenters. The standard InChI is InChI=1S/C16H24Cl2N2/c1-3-8-20-9-6-14(7-10-20)19-12(2)15-5-4-13(17)11-16(15)18/h4-5,11-12,14,19H,3,6-10H2,1-2H3. The summed E-state index contributed by atoms with van der Waals surface area (Å²) in [6, 6.07) is 6.60. The largest absolute Gasteiger partial charge is 0.307 e. The van der Waals surface area contributed by atoms with Crippen LogP contribution in [0.5, 0.6) is 0 Å². The molecule has 20 heavy (non-hydrogen) atoms. The van der Waals surface area contributed by atoms with E-state index in [1.807, 2.05) is 18.2 Å². The van der Waals surface area contributed by atoms with Gasteiger partial charge in [0.25, 0.3) is 0 Å². The van der Waals surface area contributed by atoms with Crippen LogP contribution in [0.4, 0.5) is 0 Å². The van der Waals surface area contributed by atoms with E-state index in [4.69, 9.17) is 23.2 Å². The van der Waals surface area contributed by atoms with Gasteiger partial charge in [0.1, 0.15) is 0 Å². The second-order valence-electron chi connectivity index (χ2n) is 5.67. The normalized spacial score (nSPS) is 19.2. The van der Waals surface area contributed by atoms with Crippen molar-refractivity contribution in [2.75, 3.05) is 19.6 Å². The highest BCUT2D eigenvalue weighted by atomic mass is 35.5. The minimum Gasteiger partial charge on any atom is -0.307 e. The van der Waals surface area contributed by atoms with E-state index in [-0.39, 0.29) is 6.04 Å². The highest BCUT2D eigenvalue weighted by molar-refractivity contribution is 6.35. The van der Waals surface area contributed by atoms with Crippen LogP contribution >= 0.6 is 23.2 Å². The number of nitrogens with one attached hydrogen (secondary N) is 1. The van der Waals surface area contributed by atoms with Crippen LogP contribution < -0.4 is 5.32 Å². The molecule has 1 heterocycles. The molecule has 1 aliphatic heterocycles. The lowest BCUT2D eigenvalue weighted by Crippen LogP contribution is -2.43. The van der Waals surface area contributed by atoms with Gasteiger partial charge in [-0.05, 0) is 63.5 Å². The van der Waals surface area contributed by atoms with Gasteiger partial charge in [-0.2, -0.15) is 0 Å². The topological polar surface area (TPSA) is 15.3 Å². The van der Waals surface area contributed by atoms with Crippen LogP contribution in [-0.4, -0.2) is 30.6 Å². The van der Waals surface area contributed by atoms with E-state index in [1.54, 1.807) is 0 Å². The Bertz CT molecular complexity index is 428. The fraction of sp³-hybridized carbons (Fsp3) is 0.625. The van der Waals surface area contributed by atoms with Crippen molar-refractivity contribution >= 4 is 23.2 Å². The summed E-state index contributed by atoms with van der Waals surface area (Å²) in [4.78, 5) is 2.55. The van der Waals surface area contributed by atoms with Crippen LogP contribution in [0.15, 0.2) is 18.2 Å². The van der Waals surface area contributed by atoms with Gasteiger partial charge in [0.05, 0.1) is 0 Å². The zero-order valence-electron chi connectivity index (χ0n) is 12.3. The third-order valence-electron chi connectivity index (χ3n) is 4.04. The molecular weight excluding hydrogens is 291 g/mol. The first-order valence-electron chi connectivity index (χ1n) is 7.53. The maximum Gasteiger partial charge on any atom is 0.0468 e. The predicted octanol–water partition coefficient (Wildman–Crippen LogP) is 4.52. The summed E-state index contributed by atoms with van der Waals surface area (Å²) in [5.74, 6) is 0. The Morgan fingerprint density at radius 1 is 1.30 bits per heavy atom. The molecule has 1 atom stereocenters. The number of hydrogen-bond donors (Lipinski definition) is 1. The van der Waals surface area contributed by atoms with E-state index in [0.717, 1.165) is 10.6 Å². The van der Waals surface area contributed by atoms with Crippen LogP contribution in [-0.2, 0) is 0 Å². The molecule has 1 aromatic carbocycles. The summed E-state index contributed by atoms with van der Waals surface area (Å²) in [6.07, 6.45) is 3.68. The van der Waals surface area contributed by atoms with Crippen LogP contribution in [0.2, 0.25) is 10.0 Å². The molecule has 0 bridgehead atoms. The number of rotatable bonds is 5.